The number of methoxy groups -OCH3 is 1. The largest absolute Gasteiger partial charge is 0.473 e. The lowest BCUT2D eigenvalue weighted by Crippen LogP contribution is -2.41. The number of nitrogens with one attached hydrogen (secondary N) is 1. The number of carbonyl (C=O) groups is 2. The Labute approximate surface area is 140 Å². The summed E-state index contributed by atoms with van der Waals surface area (Å²) in [5.74, 6) is -0.282. The fraction of sp³-hybridized carbons (Fsp3) is 0.412. The summed E-state index contributed by atoms with van der Waals surface area (Å²) in [5.41, 5.74) is -0.487. The number of amides is 1. The highest BCUT2D eigenvalue weighted by atomic mass is 16.5. The van der Waals surface area contributed by atoms with E-state index in [0.717, 1.165) is 0 Å². The zero-order valence-corrected chi connectivity index (χ0v) is 14.3. The van der Waals surface area contributed by atoms with Crippen LogP contribution in [0.2, 0.25) is 0 Å². The fourth-order valence-electron chi connectivity index (χ4n) is 2.17. The van der Waals surface area contributed by atoms with Crippen LogP contribution in [-0.2, 0) is 9.53 Å². The molecular weight excluding hydrogens is 310 g/mol. The fourth-order valence-corrected chi connectivity index (χ4v) is 2.17. The Morgan fingerprint density at radius 3 is 2.71 bits per heavy atom. The van der Waals surface area contributed by atoms with Gasteiger partial charge in [0.2, 0.25) is 5.88 Å². The molecule has 0 aromatic carbocycles. The molecule has 1 aromatic rings. The number of nitrogens with zero attached hydrogens (tertiary/aromatic N) is 2. The third-order valence-corrected chi connectivity index (χ3v) is 4.01. The molecule has 0 saturated heterocycles. The van der Waals surface area contributed by atoms with Gasteiger partial charge in [-0.15, -0.1) is 0 Å². The van der Waals surface area contributed by atoms with Crippen molar-refractivity contribution in [3.05, 3.63) is 36.0 Å². The van der Waals surface area contributed by atoms with Gasteiger partial charge in [-0.25, -0.2) is 14.8 Å². The number of ether oxygens (including phenoxy) is 2. The monoisotopic (exact) mass is 331 g/mol. The first kappa shape index (κ1) is 17.7. The van der Waals surface area contributed by atoms with Crippen LogP contribution in [0.1, 0.15) is 36.8 Å². The van der Waals surface area contributed by atoms with Crippen molar-refractivity contribution in [2.45, 2.75) is 26.3 Å². The third-order valence-electron chi connectivity index (χ3n) is 4.01. The first-order valence-electron chi connectivity index (χ1n) is 7.58. The predicted octanol–water partition coefficient (Wildman–Crippen LogP) is 1.72. The molecule has 0 spiro atoms. The summed E-state index contributed by atoms with van der Waals surface area (Å²) in [6, 6.07) is 3.09. The van der Waals surface area contributed by atoms with E-state index < -0.39 is 11.5 Å². The molecule has 7 nitrogen and oxygen atoms in total. The summed E-state index contributed by atoms with van der Waals surface area (Å²) in [7, 11) is 1.28. The standard InChI is InChI=1S/C17H21N3O4/c1-6-9-24-12-8-7-11(15(21)23-5)13(18-12)14-19-16(22)17(4,20-14)10(2)3/h6-8,10H,1,9H2,2-5H3,(H,19,20,22). The van der Waals surface area contributed by atoms with Crippen LogP contribution in [0.25, 0.3) is 0 Å². The number of rotatable bonds is 6. The summed E-state index contributed by atoms with van der Waals surface area (Å²) in [5, 5.41) is 2.71. The van der Waals surface area contributed by atoms with Gasteiger partial charge in [0.1, 0.15) is 17.8 Å². The average molecular weight is 331 g/mol. The van der Waals surface area contributed by atoms with Gasteiger partial charge in [0.15, 0.2) is 5.84 Å². The number of carbonyl (C=O) groups excluding carboxylic acids is 2. The maximum Gasteiger partial charge on any atom is 0.340 e. The molecule has 1 aliphatic rings. The molecule has 0 saturated carbocycles. The molecule has 0 fully saturated rings. The van der Waals surface area contributed by atoms with Crippen molar-refractivity contribution in [1.82, 2.24) is 10.3 Å². The van der Waals surface area contributed by atoms with Crippen LogP contribution in [0.15, 0.2) is 29.8 Å². The second-order valence-corrected chi connectivity index (χ2v) is 5.85. The molecular formula is C17H21N3O4. The molecule has 1 aromatic heterocycles. The van der Waals surface area contributed by atoms with Gasteiger partial charge in [-0.2, -0.15) is 0 Å². The lowest BCUT2D eigenvalue weighted by Gasteiger charge is -2.21. The first-order valence-corrected chi connectivity index (χ1v) is 7.58. The molecule has 2 heterocycles. The molecule has 24 heavy (non-hydrogen) atoms. The molecule has 2 rings (SSSR count). The topological polar surface area (TPSA) is 89.9 Å². The Morgan fingerprint density at radius 2 is 2.17 bits per heavy atom. The molecule has 7 heteroatoms. The highest BCUT2D eigenvalue weighted by molar-refractivity contribution is 6.17. The summed E-state index contributed by atoms with van der Waals surface area (Å²) >= 11 is 0. The molecule has 0 aliphatic carbocycles. The van der Waals surface area contributed by atoms with Gasteiger partial charge in [0.05, 0.1) is 12.7 Å². The Kier molecular flexibility index (Phi) is 5.02. The second-order valence-electron chi connectivity index (χ2n) is 5.85. The van der Waals surface area contributed by atoms with Crippen molar-refractivity contribution in [1.29, 1.82) is 0 Å². The molecule has 0 bridgehead atoms. The Hall–Kier alpha value is -2.70. The maximum atomic E-state index is 12.3. The van der Waals surface area contributed by atoms with E-state index >= 15 is 0 Å². The van der Waals surface area contributed by atoms with Crippen LogP contribution in [-0.4, -0.2) is 42.0 Å². The number of hydrogen-bond donors (Lipinski definition) is 1. The van der Waals surface area contributed by atoms with E-state index in [1.165, 1.54) is 13.2 Å². The number of aliphatic imine (C=N–C) groups is 1. The number of aromatic nitrogens is 1. The Balaban J connectivity index is 2.52. The van der Waals surface area contributed by atoms with E-state index in [2.05, 4.69) is 21.9 Å². The van der Waals surface area contributed by atoms with Gasteiger partial charge in [0, 0.05) is 6.07 Å². The quantitative estimate of drug-likeness (QED) is 0.633. The Bertz CT molecular complexity index is 712. The summed E-state index contributed by atoms with van der Waals surface area (Å²) < 4.78 is 10.2. The first-order chi connectivity index (χ1) is 11.3. The molecule has 1 N–H and O–H groups in total. The van der Waals surface area contributed by atoms with E-state index in [1.54, 1.807) is 19.1 Å². The zero-order valence-electron chi connectivity index (χ0n) is 14.3. The summed E-state index contributed by atoms with van der Waals surface area (Å²) in [6.07, 6.45) is 1.58. The molecule has 1 amide bonds. The SMILES string of the molecule is C=CCOc1ccc(C(=O)OC)c(C2=NC(C)(C(C)C)C(=O)N2)n1. The van der Waals surface area contributed by atoms with Crippen LogP contribution in [0.5, 0.6) is 5.88 Å². The molecule has 1 atom stereocenters. The van der Waals surface area contributed by atoms with Gasteiger partial charge in [-0.3, -0.25) is 4.79 Å². The van der Waals surface area contributed by atoms with E-state index in [9.17, 15) is 9.59 Å². The van der Waals surface area contributed by atoms with Crippen LogP contribution in [0.4, 0.5) is 0 Å². The van der Waals surface area contributed by atoms with Crippen molar-refractivity contribution in [3.63, 3.8) is 0 Å². The molecule has 1 aliphatic heterocycles. The normalized spacial score (nSPS) is 19.7. The minimum atomic E-state index is -0.914. The average Bonchev–Trinajstić information content (AvgIpc) is 2.88. The third kappa shape index (κ3) is 3.15. The van der Waals surface area contributed by atoms with Gasteiger partial charge < -0.3 is 14.8 Å². The number of amidine groups is 1. The van der Waals surface area contributed by atoms with Crippen LogP contribution in [0, 0.1) is 5.92 Å². The van der Waals surface area contributed by atoms with Crippen molar-refractivity contribution < 1.29 is 19.1 Å². The van der Waals surface area contributed by atoms with Crippen LogP contribution in [0.3, 0.4) is 0 Å². The van der Waals surface area contributed by atoms with Gasteiger partial charge >= 0.3 is 5.97 Å². The van der Waals surface area contributed by atoms with Gasteiger partial charge in [-0.05, 0) is 18.9 Å². The Morgan fingerprint density at radius 1 is 1.46 bits per heavy atom. The lowest BCUT2D eigenvalue weighted by atomic mass is 9.89. The van der Waals surface area contributed by atoms with E-state index in [4.69, 9.17) is 9.47 Å². The number of esters is 1. The molecule has 0 radical (unpaired) electrons. The van der Waals surface area contributed by atoms with Crippen molar-refractivity contribution in [3.8, 4) is 5.88 Å². The smallest absolute Gasteiger partial charge is 0.340 e. The highest BCUT2D eigenvalue weighted by Gasteiger charge is 2.43. The van der Waals surface area contributed by atoms with Crippen molar-refractivity contribution in [2.24, 2.45) is 10.9 Å². The van der Waals surface area contributed by atoms with Crippen molar-refractivity contribution in [2.75, 3.05) is 13.7 Å². The van der Waals surface area contributed by atoms with Gasteiger partial charge in [0.25, 0.3) is 5.91 Å². The number of hydrogen-bond acceptors (Lipinski definition) is 6. The predicted molar refractivity (Wildman–Crippen MR) is 89.2 cm³/mol. The molecule has 1 unspecified atom stereocenters. The minimum absolute atomic E-state index is 0.0169. The van der Waals surface area contributed by atoms with Crippen LogP contribution < -0.4 is 10.1 Å². The summed E-state index contributed by atoms with van der Waals surface area (Å²) in [6.45, 7) is 9.41. The van der Waals surface area contributed by atoms with Crippen molar-refractivity contribution >= 4 is 17.7 Å². The summed E-state index contributed by atoms with van der Waals surface area (Å²) in [4.78, 5) is 33.1. The van der Waals surface area contributed by atoms with Crippen LogP contribution >= 0.6 is 0 Å². The highest BCUT2D eigenvalue weighted by Crippen LogP contribution is 2.28. The maximum absolute atomic E-state index is 12.3. The van der Waals surface area contributed by atoms with Gasteiger partial charge in [-0.1, -0.05) is 26.5 Å². The van der Waals surface area contributed by atoms with E-state index in [1.807, 2.05) is 13.8 Å². The lowest BCUT2D eigenvalue weighted by molar-refractivity contribution is -0.124. The van der Waals surface area contributed by atoms with E-state index in [-0.39, 0.29) is 35.5 Å². The zero-order chi connectivity index (χ0) is 17.9. The molecule has 128 valence electrons. The second kappa shape index (κ2) is 6.82. The minimum Gasteiger partial charge on any atom is -0.473 e. The van der Waals surface area contributed by atoms with E-state index in [0.29, 0.717) is 5.88 Å². The number of pyridine rings is 1.